The van der Waals surface area contributed by atoms with E-state index < -0.39 is 6.04 Å². The van der Waals surface area contributed by atoms with Gasteiger partial charge < -0.3 is 19.5 Å². The quantitative estimate of drug-likeness (QED) is 0.371. The van der Waals surface area contributed by atoms with Gasteiger partial charge in [-0.25, -0.2) is 0 Å². The fourth-order valence-electron chi connectivity index (χ4n) is 4.45. The van der Waals surface area contributed by atoms with E-state index in [4.69, 9.17) is 21.1 Å². The van der Waals surface area contributed by atoms with Gasteiger partial charge in [0.15, 0.2) is 11.5 Å². The summed E-state index contributed by atoms with van der Waals surface area (Å²) >= 11 is 6.38. The van der Waals surface area contributed by atoms with Crippen LogP contribution in [0.3, 0.4) is 0 Å². The number of methoxy groups -OCH3 is 1. The van der Waals surface area contributed by atoms with Gasteiger partial charge in [-0.1, -0.05) is 38.4 Å². The second-order valence-electron chi connectivity index (χ2n) is 9.32. The summed E-state index contributed by atoms with van der Waals surface area (Å²) in [6.45, 7) is 9.34. The molecule has 1 atom stereocenters. The second kappa shape index (κ2) is 10.2. The Morgan fingerprint density at radius 1 is 1.23 bits per heavy atom. The third kappa shape index (κ3) is 4.69. The van der Waals surface area contributed by atoms with Crippen LogP contribution in [0.2, 0.25) is 5.02 Å². The SMILES string of the molecule is CCCN1C(=O)c2[nH]nc(-c3cc(Cl)c(C)cc3O)c2C1c1ccc(OCCC(C)C)c(OC)c1. The monoisotopic (exact) mass is 497 g/mol. The van der Waals surface area contributed by atoms with E-state index in [2.05, 4.69) is 24.0 Å². The lowest BCUT2D eigenvalue weighted by Crippen LogP contribution is -2.30. The molecule has 8 heteroatoms. The van der Waals surface area contributed by atoms with E-state index in [1.54, 1.807) is 19.2 Å². The average molecular weight is 498 g/mol. The van der Waals surface area contributed by atoms with Gasteiger partial charge in [-0.05, 0) is 61.1 Å². The van der Waals surface area contributed by atoms with Crippen molar-refractivity contribution in [3.63, 3.8) is 0 Å². The number of carbonyl (C=O) groups excluding carboxylic acids is 1. The molecule has 2 aromatic carbocycles. The fraction of sp³-hybridized carbons (Fsp3) is 0.407. The number of ether oxygens (including phenoxy) is 2. The number of phenols is 1. The molecule has 1 aliphatic heterocycles. The summed E-state index contributed by atoms with van der Waals surface area (Å²) < 4.78 is 11.6. The normalized spacial score (nSPS) is 15.1. The third-order valence-corrected chi connectivity index (χ3v) is 6.72. The van der Waals surface area contributed by atoms with Gasteiger partial charge in [0.1, 0.15) is 17.1 Å². The van der Waals surface area contributed by atoms with Crippen molar-refractivity contribution in [3.05, 3.63) is 57.7 Å². The maximum atomic E-state index is 13.4. The lowest BCUT2D eigenvalue weighted by Gasteiger charge is -2.26. The number of rotatable bonds is 9. The first-order valence-corrected chi connectivity index (χ1v) is 12.3. The first kappa shape index (κ1) is 24.9. The molecular weight excluding hydrogens is 466 g/mol. The molecule has 1 unspecified atom stereocenters. The molecule has 0 fully saturated rings. The fourth-order valence-corrected chi connectivity index (χ4v) is 4.62. The van der Waals surface area contributed by atoms with Crippen molar-refractivity contribution in [2.24, 2.45) is 5.92 Å². The zero-order valence-electron chi connectivity index (χ0n) is 20.8. The molecule has 2 N–H and O–H groups in total. The number of amides is 1. The molecule has 186 valence electrons. The van der Waals surface area contributed by atoms with E-state index in [0.29, 0.717) is 58.1 Å². The van der Waals surface area contributed by atoms with Gasteiger partial charge in [-0.2, -0.15) is 5.10 Å². The van der Waals surface area contributed by atoms with E-state index in [9.17, 15) is 9.90 Å². The number of hydrogen-bond donors (Lipinski definition) is 2. The predicted octanol–water partition coefficient (Wildman–Crippen LogP) is 6.13. The summed E-state index contributed by atoms with van der Waals surface area (Å²) in [5.74, 6) is 1.75. The topological polar surface area (TPSA) is 87.7 Å². The van der Waals surface area contributed by atoms with E-state index in [1.165, 1.54) is 0 Å². The zero-order valence-corrected chi connectivity index (χ0v) is 21.6. The molecule has 0 saturated heterocycles. The molecule has 7 nitrogen and oxygen atoms in total. The third-order valence-electron chi connectivity index (χ3n) is 6.32. The number of benzene rings is 2. The number of nitrogens with one attached hydrogen (secondary N) is 1. The van der Waals surface area contributed by atoms with Crippen molar-refractivity contribution in [2.45, 2.75) is 46.6 Å². The molecule has 35 heavy (non-hydrogen) atoms. The Hall–Kier alpha value is -3.19. The maximum absolute atomic E-state index is 13.4. The highest BCUT2D eigenvalue weighted by atomic mass is 35.5. The molecular formula is C27H32ClN3O4. The van der Waals surface area contributed by atoms with Crippen molar-refractivity contribution in [2.75, 3.05) is 20.3 Å². The number of fused-ring (bicyclic) bond motifs is 1. The smallest absolute Gasteiger partial charge is 0.273 e. The van der Waals surface area contributed by atoms with Crippen molar-refractivity contribution in [1.82, 2.24) is 15.1 Å². The molecule has 2 heterocycles. The minimum absolute atomic E-state index is 0.0628. The van der Waals surface area contributed by atoms with Crippen LogP contribution in [0.25, 0.3) is 11.3 Å². The van der Waals surface area contributed by atoms with Crippen LogP contribution in [-0.4, -0.2) is 46.4 Å². The number of aromatic hydroxyl groups is 1. The van der Waals surface area contributed by atoms with Crippen LogP contribution < -0.4 is 9.47 Å². The Balaban J connectivity index is 1.80. The van der Waals surface area contributed by atoms with E-state index >= 15 is 0 Å². The van der Waals surface area contributed by atoms with Gasteiger partial charge in [0.25, 0.3) is 5.91 Å². The molecule has 3 aromatic rings. The molecule has 1 aromatic heterocycles. The standard InChI is InChI=1S/C27H32ClN3O4/c1-6-10-31-26(17-7-8-21(22(13-17)34-5)35-11-9-15(2)3)23-24(29-30-25(23)27(31)33)18-14-19(28)16(4)12-20(18)32/h7-8,12-15,26,32H,6,9-11H2,1-5H3,(H,29,30). The van der Waals surface area contributed by atoms with Gasteiger partial charge in [-0.3, -0.25) is 9.89 Å². The largest absolute Gasteiger partial charge is 0.507 e. The number of aryl methyl sites for hydroxylation is 1. The van der Waals surface area contributed by atoms with Gasteiger partial charge in [0.05, 0.1) is 19.8 Å². The molecule has 1 amide bonds. The first-order valence-electron chi connectivity index (χ1n) is 12.0. The predicted molar refractivity (Wildman–Crippen MR) is 137 cm³/mol. The number of H-pyrrole nitrogens is 1. The molecule has 0 aliphatic carbocycles. The van der Waals surface area contributed by atoms with Gasteiger partial charge in [-0.15, -0.1) is 0 Å². The Bertz CT molecular complexity index is 1240. The maximum Gasteiger partial charge on any atom is 0.273 e. The summed E-state index contributed by atoms with van der Waals surface area (Å²) in [7, 11) is 1.61. The lowest BCUT2D eigenvalue weighted by molar-refractivity contribution is 0.0743. The van der Waals surface area contributed by atoms with Gasteiger partial charge in [0.2, 0.25) is 0 Å². The number of aromatic amines is 1. The molecule has 0 spiro atoms. The molecule has 4 rings (SSSR count). The summed E-state index contributed by atoms with van der Waals surface area (Å²) in [5.41, 5.74) is 3.76. The highest BCUT2D eigenvalue weighted by Crippen LogP contribution is 2.46. The van der Waals surface area contributed by atoms with Gasteiger partial charge in [0, 0.05) is 22.7 Å². The van der Waals surface area contributed by atoms with Crippen LogP contribution in [0.5, 0.6) is 17.2 Å². The minimum Gasteiger partial charge on any atom is -0.507 e. The lowest BCUT2D eigenvalue weighted by atomic mass is 9.95. The van der Waals surface area contributed by atoms with Crippen LogP contribution in [0, 0.1) is 12.8 Å². The zero-order chi connectivity index (χ0) is 25.3. The van der Waals surface area contributed by atoms with Crippen LogP contribution in [0.15, 0.2) is 30.3 Å². The number of hydrogen-bond acceptors (Lipinski definition) is 5. The molecule has 0 radical (unpaired) electrons. The first-order chi connectivity index (χ1) is 16.8. The molecule has 0 saturated carbocycles. The van der Waals surface area contributed by atoms with Crippen molar-refractivity contribution in [1.29, 1.82) is 0 Å². The summed E-state index contributed by atoms with van der Waals surface area (Å²) in [5, 5.41) is 18.6. The number of halogens is 1. The van der Waals surface area contributed by atoms with E-state index in [1.807, 2.05) is 36.9 Å². The van der Waals surface area contributed by atoms with Crippen LogP contribution in [0.4, 0.5) is 0 Å². The summed E-state index contributed by atoms with van der Waals surface area (Å²) in [6, 6.07) is 8.67. The Labute approximate surface area is 211 Å². The number of phenolic OH excluding ortho intramolecular Hbond substituents is 1. The number of nitrogens with zero attached hydrogens (tertiary/aromatic N) is 2. The summed E-state index contributed by atoms with van der Waals surface area (Å²) in [4.78, 5) is 15.2. The van der Waals surface area contributed by atoms with Crippen molar-refractivity contribution >= 4 is 17.5 Å². The van der Waals surface area contributed by atoms with Gasteiger partial charge >= 0.3 is 0 Å². The highest BCUT2D eigenvalue weighted by Gasteiger charge is 2.42. The Morgan fingerprint density at radius 3 is 2.69 bits per heavy atom. The van der Waals surface area contributed by atoms with Crippen LogP contribution in [-0.2, 0) is 0 Å². The average Bonchev–Trinajstić information content (AvgIpc) is 3.36. The Morgan fingerprint density at radius 2 is 2.00 bits per heavy atom. The van der Waals surface area contributed by atoms with Crippen molar-refractivity contribution < 1.29 is 19.4 Å². The van der Waals surface area contributed by atoms with Crippen LogP contribution in [0.1, 0.15) is 66.8 Å². The highest BCUT2D eigenvalue weighted by molar-refractivity contribution is 6.31. The Kier molecular flexibility index (Phi) is 7.26. The number of aromatic nitrogens is 2. The van der Waals surface area contributed by atoms with Crippen LogP contribution >= 0.6 is 11.6 Å². The second-order valence-corrected chi connectivity index (χ2v) is 9.73. The molecule has 1 aliphatic rings. The summed E-state index contributed by atoms with van der Waals surface area (Å²) in [6.07, 6.45) is 1.74. The van der Waals surface area contributed by atoms with E-state index in [-0.39, 0.29) is 11.7 Å². The number of carbonyl (C=O) groups is 1. The minimum atomic E-state index is -0.399. The molecule has 0 bridgehead atoms. The van der Waals surface area contributed by atoms with E-state index in [0.717, 1.165) is 24.0 Å². The van der Waals surface area contributed by atoms with Crippen molar-refractivity contribution in [3.8, 4) is 28.5 Å².